The van der Waals surface area contributed by atoms with E-state index < -0.39 is 0 Å². The van der Waals surface area contributed by atoms with Crippen LogP contribution in [0.4, 0.5) is 0 Å². The van der Waals surface area contributed by atoms with Gasteiger partial charge in [-0.2, -0.15) is 5.10 Å². The first kappa shape index (κ1) is 19.9. The number of halogens is 1. The number of benzene rings is 1. The lowest BCUT2D eigenvalue weighted by molar-refractivity contribution is 0.0659. The molecule has 1 aliphatic heterocycles. The molecule has 1 fully saturated rings. The van der Waals surface area contributed by atoms with Crippen LogP contribution in [0.3, 0.4) is 0 Å². The van der Waals surface area contributed by atoms with Crippen molar-refractivity contribution in [2.45, 2.75) is 32.7 Å². The number of hydrogen-bond donors (Lipinski definition) is 0. The zero-order valence-corrected chi connectivity index (χ0v) is 18.1. The van der Waals surface area contributed by atoms with E-state index in [1.54, 1.807) is 10.9 Å². The lowest BCUT2D eigenvalue weighted by Crippen LogP contribution is -2.44. The van der Waals surface area contributed by atoms with Gasteiger partial charge in [-0.05, 0) is 59.0 Å². The second kappa shape index (κ2) is 7.76. The summed E-state index contributed by atoms with van der Waals surface area (Å²) in [6.45, 7) is 5.94. The second-order valence-electron chi connectivity index (χ2n) is 7.97. The van der Waals surface area contributed by atoms with Gasteiger partial charge in [0.25, 0.3) is 5.91 Å². The van der Waals surface area contributed by atoms with Crippen LogP contribution in [0.2, 0.25) is 5.02 Å². The van der Waals surface area contributed by atoms with Crippen LogP contribution in [-0.2, 0) is 0 Å². The van der Waals surface area contributed by atoms with Gasteiger partial charge in [-0.3, -0.25) is 4.79 Å². The van der Waals surface area contributed by atoms with Gasteiger partial charge in [0.15, 0.2) is 5.65 Å². The molecule has 1 saturated heterocycles. The highest BCUT2D eigenvalue weighted by Crippen LogP contribution is 2.31. The molecule has 1 aromatic carbocycles. The average Bonchev–Trinajstić information content (AvgIpc) is 3.06. The number of fused-ring (bicyclic) bond motifs is 1. The summed E-state index contributed by atoms with van der Waals surface area (Å²) in [5, 5.41) is 5.79. The van der Waals surface area contributed by atoms with Crippen LogP contribution < -0.4 is 0 Å². The summed E-state index contributed by atoms with van der Waals surface area (Å²) in [6, 6.07) is 8.30. The topological polar surface area (TPSA) is 54.3 Å². The van der Waals surface area contributed by atoms with Crippen LogP contribution >= 0.6 is 11.6 Å². The number of likely N-dealkylation sites (tertiary alicyclic amines) is 1. The summed E-state index contributed by atoms with van der Waals surface area (Å²) in [7, 11) is 3.97. The normalized spacial score (nSPS) is 15.8. The SMILES string of the molecule is Cc1ccc(-n2nc(C)c3c(Cl)c(C(=O)N(C)C4CCN(C)CC4)cnc32)cc1. The summed E-state index contributed by atoms with van der Waals surface area (Å²) in [5.41, 5.74) is 3.95. The van der Waals surface area contributed by atoms with E-state index in [-0.39, 0.29) is 11.9 Å². The lowest BCUT2D eigenvalue weighted by atomic mass is 10.0. The Labute approximate surface area is 176 Å². The number of nitrogens with zero attached hydrogens (tertiary/aromatic N) is 5. The standard InChI is InChI=1S/C22H26ClN5O/c1-14-5-7-17(8-6-14)28-21-19(15(2)25-28)20(23)18(13-24-21)22(29)27(4)16-9-11-26(3)12-10-16/h5-8,13,16H,9-12H2,1-4H3. The molecule has 7 heteroatoms. The van der Waals surface area contributed by atoms with Crippen molar-refractivity contribution in [2.75, 3.05) is 27.2 Å². The Hall–Kier alpha value is -2.44. The van der Waals surface area contributed by atoms with Crippen molar-refractivity contribution in [1.29, 1.82) is 0 Å². The fraction of sp³-hybridized carbons (Fsp3) is 0.409. The highest BCUT2D eigenvalue weighted by molar-refractivity contribution is 6.38. The van der Waals surface area contributed by atoms with E-state index in [1.807, 2.05) is 50.1 Å². The molecule has 0 bridgehead atoms. The fourth-order valence-electron chi connectivity index (χ4n) is 3.96. The number of amides is 1. The van der Waals surface area contributed by atoms with Crippen LogP contribution in [-0.4, -0.2) is 63.7 Å². The zero-order chi connectivity index (χ0) is 20.7. The lowest BCUT2D eigenvalue weighted by Gasteiger charge is -2.35. The molecule has 2 aromatic heterocycles. The Morgan fingerprint density at radius 3 is 2.48 bits per heavy atom. The molecule has 0 saturated carbocycles. The quantitative estimate of drug-likeness (QED) is 0.656. The van der Waals surface area contributed by atoms with Crippen molar-refractivity contribution < 1.29 is 4.79 Å². The van der Waals surface area contributed by atoms with Gasteiger partial charge in [-0.25, -0.2) is 9.67 Å². The minimum atomic E-state index is -0.0820. The number of aromatic nitrogens is 3. The minimum absolute atomic E-state index is 0.0820. The molecule has 0 N–H and O–H groups in total. The van der Waals surface area contributed by atoms with E-state index >= 15 is 0 Å². The third kappa shape index (κ3) is 3.63. The monoisotopic (exact) mass is 411 g/mol. The van der Waals surface area contributed by atoms with Crippen LogP contribution in [0.25, 0.3) is 16.7 Å². The molecule has 1 aliphatic rings. The Morgan fingerprint density at radius 2 is 1.83 bits per heavy atom. The number of hydrogen-bond acceptors (Lipinski definition) is 4. The van der Waals surface area contributed by atoms with E-state index in [2.05, 4.69) is 22.0 Å². The van der Waals surface area contributed by atoms with E-state index in [0.717, 1.165) is 42.7 Å². The number of carbonyl (C=O) groups is 1. The molecular weight excluding hydrogens is 386 g/mol. The molecule has 1 amide bonds. The summed E-state index contributed by atoms with van der Waals surface area (Å²) >= 11 is 6.72. The van der Waals surface area contributed by atoms with Crippen LogP contribution in [0.5, 0.6) is 0 Å². The molecule has 0 unspecified atom stereocenters. The first-order valence-electron chi connectivity index (χ1n) is 9.93. The summed E-state index contributed by atoms with van der Waals surface area (Å²) in [6.07, 6.45) is 3.52. The van der Waals surface area contributed by atoms with Gasteiger partial charge in [-0.1, -0.05) is 29.3 Å². The summed E-state index contributed by atoms with van der Waals surface area (Å²) in [4.78, 5) is 21.9. The molecule has 29 heavy (non-hydrogen) atoms. The minimum Gasteiger partial charge on any atom is -0.339 e. The molecule has 0 aliphatic carbocycles. The maximum atomic E-state index is 13.2. The number of piperidine rings is 1. The smallest absolute Gasteiger partial charge is 0.256 e. The number of aryl methyl sites for hydroxylation is 2. The molecule has 4 rings (SSSR count). The van der Waals surface area contributed by atoms with Gasteiger partial charge in [0.2, 0.25) is 0 Å². The molecule has 152 valence electrons. The second-order valence-corrected chi connectivity index (χ2v) is 8.35. The molecule has 0 spiro atoms. The third-order valence-electron chi connectivity index (χ3n) is 5.87. The van der Waals surface area contributed by atoms with Gasteiger partial charge < -0.3 is 9.80 Å². The van der Waals surface area contributed by atoms with Crippen molar-refractivity contribution >= 4 is 28.5 Å². The largest absolute Gasteiger partial charge is 0.339 e. The third-order valence-corrected chi connectivity index (χ3v) is 6.27. The highest BCUT2D eigenvalue weighted by atomic mass is 35.5. The fourth-order valence-corrected chi connectivity index (χ4v) is 4.31. The maximum absolute atomic E-state index is 13.2. The van der Waals surface area contributed by atoms with E-state index in [1.165, 1.54) is 5.56 Å². The molecular formula is C22H26ClN5O. The number of pyridine rings is 1. The predicted molar refractivity (Wildman–Crippen MR) is 116 cm³/mol. The van der Waals surface area contributed by atoms with Gasteiger partial charge in [0.1, 0.15) is 0 Å². The van der Waals surface area contributed by atoms with Crippen molar-refractivity contribution in [3.63, 3.8) is 0 Å². The number of rotatable bonds is 3. The van der Waals surface area contributed by atoms with Gasteiger partial charge in [0.05, 0.1) is 27.4 Å². The van der Waals surface area contributed by atoms with Crippen LogP contribution in [0.1, 0.15) is 34.5 Å². The molecule has 3 aromatic rings. The average molecular weight is 412 g/mol. The van der Waals surface area contributed by atoms with Crippen LogP contribution in [0.15, 0.2) is 30.5 Å². The first-order chi connectivity index (χ1) is 13.9. The van der Waals surface area contributed by atoms with E-state index in [9.17, 15) is 4.79 Å². The zero-order valence-electron chi connectivity index (χ0n) is 17.3. The van der Waals surface area contributed by atoms with E-state index in [4.69, 9.17) is 11.6 Å². The summed E-state index contributed by atoms with van der Waals surface area (Å²) < 4.78 is 1.78. The Morgan fingerprint density at radius 1 is 1.17 bits per heavy atom. The Bertz CT molecular complexity index is 1050. The maximum Gasteiger partial charge on any atom is 0.256 e. The van der Waals surface area contributed by atoms with Crippen molar-refractivity contribution in [2.24, 2.45) is 0 Å². The Kier molecular flexibility index (Phi) is 5.32. The van der Waals surface area contributed by atoms with Gasteiger partial charge in [-0.15, -0.1) is 0 Å². The van der Waals surface area contributed by atoms with Crippen molar-refractivity contribution in [3.8, 4) is 5.69 Å². The first-order valence-corrected chi connectivity index (χ1v) is 10.3. The molecule has 6 nitrogen and oxygen atoms in total. The van der Waals surface area contributed by atoms with E-state index in [0.29, 0.717) is 16.2 Å². The van der Waals surface area contributed by atoms with Crippen LogP contribution in [0, 0.1) is 13.8 Å². The molecule has 3 heterocycles. The van der Waals surface area contributed by atoms with Crippen molar-refractivity contribution in [1.82, 2.24) is 24.6 Å². The molecule has 0 atom stereocenters. The highest BCUT2D eigenvalue weighted by Gasteiger charge is 2.27. The van der Waals surface area contributed by atoms with Crippen molar-refractivity contribution in [3.05, 3.63) is 52.3 Å². The van der Waals surface area contributed by atoms with Gasteiger partial charge in [0, 0.05) is 19.3 Å². The van der Waals surface area contributed by atoms with Gasteiger partial charge >= 0.3 is 0 Å². The predicted octanol–water partition coefficient (Wildman–Crippen LogP) is 3.86. The Balaban J connectivity index is 1.70. The number of carbonyl (C=O) groups excluding carboxylic acids is 1. The summed E-state index contributed by atoms with van der Waals surface area (Å²) in [5.74, 6) is -0.0820. The molecule has 0 radical (unpaired) electrons.